The van der Waals surface area contributed by atoms with Gasteiger partial charge >= 0.3 is 6.09 Å². The molecule has 0 aliphatic rings. The number of ether oxygens (including phenoxy) is 2. The third-order valence-electron chi connectivity index (χ3n) is 3.68. The zero-order valence-corrected chi connectivity index (χ0v) is 14.5. The summed E-state index contributed by atoms with van der Waals surface area (Å²) in [4.78, 5) is 11.7. The van der Waals surface area contributed by atoms with Crippen LogP contribution in [-0.4, -0.2) is 40.7 Å². The predicted molar refractivity (Wildman–Crippen MR) is 94.9 cm³/mol. The molecule has 7 nitrogen and oxygen atoms in total. The molecule has 2 unspecified atom stereocenters. The molecule has 0 aliphatic heterocycles. The highest BCUT2D eigenvalue weighted by atomic mass is 16.5. The molecular weight excluding hydrogens is 338 g/mol. The summed E-state index contributed by atoms with van der Waals surface area (Å²) >= 11 is 0. The van der Waals surface area contributed by atoms with Crippen LogP contribution in [0.2, 0.25) is 0 Å². The zero-order valence-electron chi connectivity index (χ0n) is 14.5. The van der Waals surface area contributed by atoms with E-state index in [9.17, 15) is 20.1 Å². The number of rotatable bonds is 8. The van der Waals surface area contributed by atoms with Crippen molar-refractivity contribution in [3.05, 3.63) is 59.7 Å². The maximum Gasteiger partial charge on any atom is 0.407 e. The molecule has 140 valence electrons. The number of para-hydroxylation sites is 1. The van der Waals surface area contributed by atoms with E-state index < -0.39 is 18.3 Å². The Morgan fingerprint density at radius 1 is 1.12 bits per heavy atom. The van der Waals surface area contributed by atoms with Gasteiger partial charge in [-0.15, -0.1) is 0 Å². The molecule has 0 saturated carbocycles. The molecule has 0 aromatic heterocycles. The molecule has 1 amide bonds. The molecule has 0 heterocycles. The Bertz CT molecular complexity index is 706. The van der Waals surface area contributed by atoms with Gasteiger partial charge in [0.05, 0.1) is 6.61 Å². The van der Waals surface area contributed by atoms with Crippen molar-refractivity contribution < 1.29 is 29.6 Å². The minimum atomic E-state index is -1.40. The highest BCUT2D eigenvalue weighted by Crippen LogP contribution is 2.34. The second kappa shape index (κ2) is 9.65. The van der Waals surface area contributed by atoms with E-state index in [2.05, 4.69) is 5.32 Å². The van der Waals surface area contributed by atoms with E-state index in [0.29, 0.717) is 6.61 Å². The van der Waals surface area contributed by atoms with Crippen LogP contribution in [0.25, 0.3) is 0 Å². The van der Waals surface area contributed by atoms with Crippen molar-refractivity contribution in [2.45, 2.75) is 25.7 Å². The molecule has 7 heteroatoms. The van der Waals surface area contributed by atoms with Crippen LogP contribution in [0, 0.1) is 0 Å². The Hall–Kier alpha value is -2.77. The van der Waals surface area contributed by atoms with Gasteiger partial charge in [0.25, 0.3) is 0 Å². The van der Waals surface area contributed by atoms with Gasteiger partial charge in [-0.1, -0.05) is 42.5 Å². The number of carbonyl (C=O) groups is 1. The van der Waals surface area contributed by atoms with E-state index >= 15 is 0 Å². The third kappa shape index (κ3) is 5.37. The lowest BCUT2D eigenvalue weighted by Gasteiger charge is -2.20. The largest absolute Gasteiger partial charge is 0.504 e. The van der Waals surface area contributed by atoms with Crippen molar-refractivity contribution >= 4 is 6.09 Å². The van der Waals surface area contributed by atoms with Crippen LogP contribution in [0.5, 0.6) is 11.5 Å². The van der Waals surface area contributed by atoms with Crippen molar-refractivity contribution in [1.82, 2.24) is 5.32 Å². The maximum absolute atomic E-state index is 11.7. The number of hydrogen-bond donors (Lipinski definition) is 4. The molecule has 4 N–H and O–H groups in total. The Kier molecular flexibility index (Phi) is 7.25. The molecule has 0 bridgehead atoms. The number of aliphatic hydroxyl groups excluding tert-OH is 2. The lowest BCUT2D eigenvalue weighted by molar-refractivity contribution is 0.0169. The molecule has 2 rings (SSSR count). The highest BCUT2D eigenvalue weighted by molar-refractivity contribution is 5.67. The molecule has 26 heavy (non-hydrogen) atoms. The monoisotopic (exact) mass is 361 g/mol. The smallest absolute Gasteiger partial charge is 0.407 e. The lowest BCUT2D eigenvalue weighted by atomic mass is 10.0. The van der Waals surface area contributed by atoms with Crippen molar-refractivity contribution in [1.29, 1.82) is 0 Å². The minimum Gasteiger partial charge on any atom is -0.504 e. The number of hydrogen-bond acceptors (Lipinski definition) is 6. The van der Waals surface area contributed by atoms with Crippen LogP contribution in [0.4, 0.5) is 4.79 Å². The summed E-state index contributed by atoms with van der Waals surface area (Å²) in [6, 6.07) is 13.8. The van der Waals surface area contributed by atoms with Crippen LogP contribution >= 0.6 is 0 Å². The Morgan fingerprint density at radius 2 is 1.85 bits per heavy atom. The Labute approximate surface area is 151 Å². The predicted octanol–water partition coefficient (Wildman–Crippen LogP) is 2.11. The zero-order chi connectivity index (χ0) is 18.9. The second-order valence-electron chi connectivity index (χ2n) is 5.58. The number of amides is 1. The van der Waals surface area contributed by atoms with E-state index in [-0.39, 0.29) is 30.2 Å². The van der Waals surface area contributed by atoms with Crippen molar-refractivity contribution in [3.63, 3.8) is 0 Å². The van der Waals surface area contributed by atoms with Crippen molar-refractivity contribution in [3.8, 4) is 11.5 Å². The number of phenolic OH excluding ortho intramolecular Hbond substituents is 1. The van der Waals surface area contributed by atoms with Gasteiger partial charge in [-0.05, 0) is 18.6 Å². The number of alkyl carbamates (subject to hydrolysis) is 1. The fourth-order valence-corrected chi connectivity index (χ4v) is 2.33. The Morgan fingerprint density at radius 3 is 2.54 bits per heavy atom. The number of benzene rings is 2. The van der Waals surface area contributed by atoms with E-state index in [0.717, 1.165) is 5.56 Å². The molecule has 0 aliphatic carbocycles. The number of carbonyl (C=O) groups excluding carboxylic acids is 1. The summed E-state index contributed by atoms with van der Waals surface area (Å²) in [6.07, 6.45) is -3.45. The first-order valence-electron chi connectivity index (χ1n) is 8.28. The van der Waals surface area contributed by atoms with Crippen LogP contribution in [0.3, 0.4) is 0 Å². The van der Waals surface area contributed by atoms with Gasteiger partial charge in [-0.3, -0.25) is 0 Å². The van der Waals surface area contributed by atoms with Crippen LogP contribution in [0.1, 0.15) is 24.2 Å². The van der Waals surface area contributed by atoms with Crippen molar-refractivity contribution in [2.75, 3.05) is 13.2 Å². The van der Waals surface area contributed by atoms with Gasteiger partial charge in [-0.2, -0.15) is 0 Å². The fraction of sp³-hybridized carbons (Fsp3) is 0.316. The average Bonchev–Trinajstić information content (AvgIpc) is 2.66. The summed E-state index contributed by atoms with van der Waals surface area (Å²) in [5, 5.41) is 32.8. The Balaban J connectivity index is 1.86. The average molecular weight is 361 g/mol. The topological polar surface area (TPSA) is 108 Å². The second-order valence-corrected chi connectivity index (χ2v) is 5.58. The van der Waals surface area contributed by atoms with Gasteiger partial charge in [0.2, 0.25) is 0 Å². The fourth-order valence-electron chi connectivity index (χ4n) is 2.33. The van der Waals surface area contributed by atoms with Crippen molar-refractivity contribution in [2.24, 2.45) is 0 Å². The first-order valence-corrected chi connectivity index (χ1v) is 8.28. The van der Waals surface area contributed by atoms with Gasteiger partial charge in [0.1, 0.15) is 18.8 Å². The SMILES string of the molecule is CCOc1cccc(C(O)C(O)CNC(=O)OCc2ccccc2)c1O. The van der Waals surface area contributed by atoms with E-state index in [1.807, 2.05) is 30.3 Å². The van der Waals surface area contributed by atoms with E-state index in [1.165, 1.54) is 6.07 Å². The molecule has 0 spiro atoms. The number of nitrogens with one attached hydrogen (secondary N) is 1. The molecule has 2 aromatic carbocycles. The first kappa shape index (κ1) is 19.6. The van der Waals surface area contributed by atoms with E-state index in [1.54, 1.807) is 19.1 Å². The normalized spacial score (nSPS) is 12.9. The third-order valence-corrected chi connectivity index (χ3v) is 3.68. The first-order chi connectivity index (χ1) is 12.5. The summed E-state index contributed by atoms with van der Waals surface area (Å²) in [6.45, 7) is 1.97. The minimum absolute atomic E-state index is 0.0997. The molecule has 2 atom stereocenters. The number of aromatic hydroxyl groups is 1. The maximum atomic E-state index is 11.7. The standard InChI is InChI=1S/C19H23NO6/c1-2-25-16-10-6-9-14(18(16)23)17(22)15(21)11-20-19(24)26-12-13-7-4-3-5-8-13/h3-10,15,17,21-23H,2,11-12H2,1H3,(H,20,24). The van der Waals surface area contributed by atoms with Gasteiger partial charge in [0.15, 0.2) is 11.5 Å². The molecule has 0 saturated heterocycles. The van der Waals surface area contributed by atoms with E-state index in [4.69, 9.17) is 9.47 Å². The summed E-state index contributed by atoms with van der Waals surface area (Å²) < 4.78 is 10.3. The highest BCUT2D eigenvalue weighted by Gasteiger charge is 2.23. The molecular formula is C19H23NO6. The van der Waals surface area contributed by atoms with Gasteiger partial charge in [0, 0.05) is 12.1 Å². The summed E-state index contributed by atoms with van der Waals surface area (Å²) in [5.41, 5.74) is 0.948. The van der Waals surface area contributed by atoms with Gasteiger partial charge < -0.3 is 30.1 Å². The van der Waals surface area contributed by atoms with Crippen LogP contribution in [-0.2, 0) is 11.3 Å². The summed E-state index contributed by atoms with van der Waals surface area (Å²) in [7, 11) is 0. The van der Waals surface area contributed by atoms with Gasteiger partial charge in [-0.25, -0.2) is 4.79 Å². The lowest BCUT2D eigenvalue weighted by Crippen LogP contribution is -2.35. The number of aliphatic hydroxyl groups is 2. The quantitative estimate of drug-likeness (QED) is 0.573. The van der Waals surface area contributed by atoms with Crippen LogP contribution < -0.4 is 10.1 Å². The molecule has 0 fully saturated rings. The molecule has 2 aromatic rings. The summed E-state index contributed by atoms with van der Waals surface area (Å²) in [5.74, 6) is -0.0287. The number of phenols is 1. The molecule has 0 radical (unpaired) electrons. The van der Waals surface area contributed by atoms with Crippen LogP contribution in [0.15, 0.2) is 48.5 Å².